The summed E-state index contributed by atoms with van der Waals surface area (Å²) in [5, 5.41) is 11.8. The summed E-state index contributed by atoms with van der Waals surface area (Å²) in [6.45, 7) is 5.53. The summed E-state index contributed by atoms with van der Waals surface area (Å²) >= 11 is 6.35. The minimum atomic E-state index is -0.625. The fraction of sp³-hybridized carbons (Fsp3) is 0.250. The highest BCUT2D eigenvalue weighted by Gasteiger charge is 2.30. The Morgan fingerprint density at radius 3 is 2.35 bits per heavy atom. The van der Waals surface area contributed by atoms with Gasteiger partial charge in [-0.25, -0.2) is 0 Å². The van der Waals surface area contributed by atoms with E-state index in [-0.39, 0.29) is 11.8 Å². The normalized spacial score (nSPS) is 12.6. The van der Waals surface area contributed by atoms with Gasteiger partial charge in [0.25, 0.3) is 0 Å². The zero-order valence-corrected chi connectivity index (χ0v) is 15.6. The highest BCUT2D eigenvalue weighted by atomic mass is 35.5. The SMILES string of the molecule is CC(C)(C)C(=O)NC(c1nnc(-c2ccccc2)o1)c1ccccc1Cl. The van der Waals surface area contributed by atoms with Gasteiger partial charge in [-0.05, 0) is 18.2 Å². The molecule has 1 aromatic heterocycles. The van der Waals surface area contributed by atoms with Crippen molar-refractivity contribution in [2.75, 3.05) is 0 Å². The Morgan fingerprint density at radius 1 is 1.04 bits per heavy atom. The second kappa shape index (κ2) is 7.30. The number of nitrogens with zero attached hydrogens (tertiary/aromatic N) is 2. The van der Waals surface area contributed by atoms with E-state index in [1.807, 2.05) is 69.3 Å². The van der Waals surface area contributed by atoms with Gasteiger partial charge >= 0.3 is 0 Å². The summed E-state index contributed by atoms with van der Waals surface area (Å²) in [5.74, 6) is 0.541. The smallest absolute Gasteiger partial charge is 0.247 e. The first kappa shape index (κ1) is 18.1. The maximum absolute atomic E-state index is 12.6. The van der Waals surface area contributed by atoms with Gasteiger partial charge in [0.05, 0.1) is 0 Å². The van der Waals surface area contributed by atoms with Crippen molar-refractivity contribution in [3.8, 4) is 11.5 Å². The molecule has 0 saturated heterocycles. The quantitative estimate of drug-likeness (QED) is 0.727. The zero-order chi connectivity index (χ0) is 18.7. The molecule has 134 valence electrons. The molecule has 3 aromatic rings. The molecule has 3 rings (SSSR count). The van der Waals surface area contributed by atoms with Gasteiger partial charge in [0.15, 0.2) is 0 Å². The van der Waals surface area contributed by atoms with Crippen LogP contribution in [0, 0.1) is 5.41 Å². The van der Waals surface area contributed by atoms with Gasteiger partial charge in [-0.1, -0.05) is 68.8 Å². The fourth-order valence-corrected chi connectivity index (χ4v) is 2.62. The summed E-state index contributed by atoms with van der Waals surface area (Å²) in [6.07, 6.45) is 0. The number of aromatic nitrogens is 2. The van der Waals surface area contributed by atoms with Crippen molar-refractivity contribution in [3.63, 3.8) is 0 Å². The Labute approximate surface area is 157 Å². The molecule has 6 heteroatoms. The minimum absolute atomic E-state index is 0.137. The topological polar surface area (TPSA) is 68.0 Å². The number of benzene rings is 2. The van der Waals surface area contributed by atoms with Gasteiger partial charge in [0.1, 0.15) is 6.04 Å². The molecule has 5 nitrogen and oxygen atoms in total. The van der Waals surface area contributed by atoms with Crippen LogP contribution >= 0.6 is 11.6 Å². The molecule has 1 N–H and O–H groups in total. The molecule has 26 heavy (non-hydrogen) atoms. The van der Waals surface area contributed by atoms with Gasteiger partial charge in [-0.15, -0.1) is 10.2 Å². The lowest BCUT2D eigenvalue weighted by molar-refractivity contribution is -0.129. The number of carbonyl (C=O) groups is 1. The van der Waals surface area contributed by atoms with Crippen molar-refractivity contribution in [2.45, 2.75) is 26.8 Å². The predicted molar refractivity (Wildman–Crippen MR) is 101 cm³/mol. The van der Waals surface area contributed by atoms with Crippen molar-refractivity contribution >= 4 is 17.5 Å². The predicted octanol–water partition coefficient (Wildman–Crippen LogP) is 4.64. The third kappa shape index (κ3) is 3.94. The molecular formula is C20H20ClN3O2. The van der Waals surface area contributed by atoms with Crippen LogP contribution in [0.5, 0.6) is 0 Å². The number of halogens is 1. The number of nitrogens with one attached hydrogen (secondary N) is 1. The lowest BCUT2D eigenvalue weighted by atomic mass is 9.94. The largest absolute Gasteiger partial charge is 0.418 e. The maximum atomic E-state index is 12.6. The second-order valence-electron chi connectivity index (χ2n) is 6.99. The summed E-state index contributed by atoms with van der Waals surface area (Å²) < 4.78 is 5.86. The lowest BCUT2D eigenvalue weighted by Crippen LogP contribution is -2.38. The molecule has 0 bridgehead atoms. The molecule has 1 heterocycles. The maximum Gasteiger partial charge on any atom is 0.247 e. The third-order valence-electron chi connectivity index (χ3n) is 3.88. The number of carbonyl (C=O) groups excluding carboxylic acids is 1. The first-order chi connectivity index (χ1) is 12.4. The van der Waals surface area contributed by atoms with E-state index in [1.54, 1.807) is 6.07 Å². The molecule has 1 atom stereocenters. The molecule has 1 unspecified atom stereocenters. The van der Waals surface area contributed by atoms with Crippen LogP contribution in [-0.2, 0) is 4.79 Å². The second-order valence-corrected chi connectivity index (χ2v) is 7.40. The van der Waals surface area contributed by atoms with E-state index in [1.165, 1.54) is 0 Å². The van der Waals surface area contributed by atoms with E-state index in [9.17, 15) is 4.79 Å². The van der Waals surface area contributed by atoms with E-state index >= 15 is 0 Å². The molecule has 0 spiro atoms. The first-order valence-electron chi connectivity index (χ1n) is 8.30. The molecule has 0 fully saturated rings. The number of rotatable bonds is 4. The van der Waals surface area contributed by atoms with Crippen LogP contribution in [0.2, 0.25) is 5.02 Å². The highest BCUT2D eigenvalue weighted by molar-refractivity contribution is 6.31. The van der Waals surface area contributed by atoms with E-state index in [2.05, 4.69) is 15.5 Å². The van der Waals surface area contributed by atoms with E-state index < -0.39 is 11.5 Å². The average molecular weight is 370 g/mol. The molecular weight excluding hydrogens is 350 g/mol. The lowest BCUT2D eigenvalue weighted by Gasteiger charge is -2.23. The van der Waals surface area contributed by atoms with Crippen molar-refractivity contribution in [3.05, 3.63) is 71.1 Å². The van der Waals surface area contributed by atoms with Crippen LogP contribution in [-0.4, -0.2) is 16.1 Å². The van der Waals surface area contributed by atoms with Crippen LogP contribution in [0.1, 0.15) is 38.3 Å². The summed E-state index contributed by atoms with van der Waals surface area (Å²) in [6, 6.07) is 16.1. The van der Waals surface area contributed by atoms with Crippen molar-refractivity contribution in [2.24, 2.45) is 5.41 Å². The van der Waals surface area contributed by atoms with E-state index in [0.717, 1.165) is 5.56 Å². The first-order valence-corrected chi connectivity index (χ1v) is 8.68. The summed E-state index contributed by atoms with van der Waals surface area (Å²) in [7, 11) is 0. The number of hydrogen-bond donors (Lipinski definition) is 1. The Hall–Kier alpha value is -2.66. The molecule has 1 amide bonds. The molecule has 0 aliphatic carbocycles. The average Bonchev–Trinajstić information content (AvgIpc) is 3.10. The molecule has 0 aliphatic rings. The van der Waals surface area contributed by atoms with Crippen molar-refractivity contribution < 1.29 is 9.21 Å². The van der Waals surface area contributed by atoms with Crippen LogP contribution in [0.4, 0.5) is 0 Å². The van der Waals surface area contributed by atoms with Crippen LogP contribution in [0.25, 0.3) is 11.5 Å². The highest BCUT2D eigenvalue weighted by Crippen LogP contribution is 2.30. The fourth-order valence-electron chi connectivity index (χ4n) is 2.38. The van der Waals surface area contributed by atoms with E-state index in [0.29, 0.717) is 16.5 Å². The third-order valence-corrected chi connectivity index (χ3v) is 4.23. The van der Waals surface area contributed by atoms with Gasteiger partial charge in [-0.3, -0.25) is 4.79 Å². The summed E-state index contributed by atoms with van der Waals surface area (Å²) in [5.41, 5.74) is 0.947. The van der Waals surface area contributed by atoms with Gasteiger partial charge in [0, 0.05) is 21.6 Å². The standard InChI is InChI=1S/C20H20ClN3O2/c1-20(2,3)19(25)22-16(14-11-7-8-12-15(14)21)18-24-23-17(26-18)13-9-5-4-6-10-13/h4-12,16H,1-3H3,(H,22,25). The molecule has 2 aromatic carbocycles. The molecule has 0 radical (unpaired) electrons. The van der Waals surface area contributed by atoms with Crippen LogP contribution in [0.15, 0.2) is 59.0 Å². The van der Waals surface area contributed by atoms with Gasteiger partial charge in [0.2, 0.25) is 17.7 Å². The monoisotopic (exact) mass is 369 g/mol. The molecule has 0 saturated carbocycles. The Morgan fingerprint density at radius 2 is 1.69 bits per heavy atom. The number of amides is 1. The van der Waals surface area contributed by atoms with Gasteiger partial charge < -0.3 is 9.73 Å². The Bertz CT molecular complexity index is 901. The minimum Gasteiger partial charge on any atom is -0.418 e. The van der Waals surface area contributed by atoms with Crippen molar-refractivity contribution in [1.82, 2.24) is 15.5 Å². The molecule has 0 aliphatic heterocycles. The van der Waals surface area contributed by atoms with Crippen LogP contribution in [0.3, 0.4) is 0 Å². The number of hydrogen-bond acceptors (Lipinski definition) is 4. The van der Waals surface area contributed by atoms with Crippen molar-refractivity contribution in [1.29, 1.82) is 0 Å². The summed E-state index contributed by atoms with van der Waals surface area (Å²) in [4.78, 5) is 12.6. The van der Waals surface area contributed by atoms with Gasteiger partial charge in [-0.2, -0.15) is 0 Å². The van der Waals surface area contributed by atoms with Crippen LogP contribution < -0.4 is 5.32 Å². The Kier molecular flexibility index (Phi) is 5.09. The zero-order valence-electron chi connectivity index (χ0n) is 14.9. The van der Waals surface area contributed by atoms with E-state index in [4.69, 9.17) is 16.0 Å². The Balaban J connectivity index is 2.00.